The Morgan fingerprint density at radius 1 is 0.383 bits per heavy atom. The fourth-order valence-corrected chi connectivity index (χ4v) is 7.31. The first-order chi connectivity index (χ1) is 23.0. The van der Waals surface area contributed by atoms with Crippen LogP contribution < -0.4 is 4.90 Å². The zero-order valence-corrected chi connectivity index (χ0v) is 26.4. The molecule has 8 aromatic carbocycles. The highest BCUT2D eigenvalue weighted by Gasteiger charge is 2.24. The molecule has 47 heavy (non-hydrogen) atoms. The summed E-state index contributed by atoms with van der Waals surface area (Å²) in [6, 6.07) is 59.1. The number of nitrogens with zero attached hydrogens (tertiary/aromatic N) is 1. The molecule has 0 amide bonds. The summed E-state index contributed by atoms with van der Waals surface area (Å²) in [6.45, 7) is 4.59. The van der Waals surface area contributed by atoms with Crippen LogP contribution in [0.1, 0.15) is 25.0 Å². The van der Waals surface area contributed by atoms with Crippen LogP contribution in [0.4, 0.5) is 17.1 Å². The molecule has 2 heteroatoms. The van der Waals surface area contributed by atoms with Crippen LogP contribution in [0.2, 0.25) is 0 Å². The van der Waals surface area contributed by atoms with Crippen molar-refractivity contribution >= 4 is 71.3 Å². The third-order valence-electron chi connectivity index (χ3n) is 9.95. The molecule has 1 aromatic heterocycles. The molecular weight excluding hydrogens is 571 g/mol. The van der Waals surface area contributed by atoms with Crippen molar-refractivity contribution in [1.29, 1.82) is 0 Å². The SMILES string of the molecule is CC(C)(c1ccccc1)c1ccc(N(c2ccc3c(ccc4c5ccccc5ccc34)c2)c2ccc3c(c2)oc2ccccc23)cc1. The lowest BCUT2D eigenvalue weighted by Crippen LogP contribution is -2.19. The van der Waals surface area contributed by atoms with Crippen LogP contribution in [0.3, 0.4) is 0 Å². The van der Waals surface area contributed by atoms with Gasteiger partial charge in [0.05, 0.1) is 0 Å². The van der Waals surface area contributed by atoms with Gasteiger partial charge in [0, 0.05) is 39.3 Å². The van der Waals surface area contributed by atoms with Crippen LogP contribution in [-0.4, -0.2) is 0 Å². The molecule has 9 aromatic rings. The van der Waals surface area contributed by atoms with E-state index in [1.165, 1.54) is 43.4 Å². The van der Waals surface area contributed by atoms with Gasteiger partial charge in [-0.05, 0) is 85.9 Å². The zero-order valence-electron chi connectivity index (χ0n) is 26.4. The first-order valence-corrected chi connectivity index (χ1v) is 16.3. The van der Waals surface area contributed by atoms with Gasteiger partial charge >= 0.3 is 0 Å². The first kappa shape index (κ1) is 27.5. The van der Waals surface area contributed by atoms with Crippen molar-refractivity contribution in [2.45, 2.75) is 19.3 Å². The van der Waals surface area contributed by atoms with Gasteiger partial charge < -0.3 is 9.32 Å². The molecule has 224 valence electrons. The normalized spacial score (nSPS) is 12.0. The predicted octanol–water partition coefficient (Wildman–Crippen LogP) is 12.8. The van der Waals surface area contributed by atoms with Crippen molar-refractivity contribution in [3.63, 3.8) is 0 Å². The largest absolute Gasteiger partial charge is 0.456 e. The summed E-state index contributed by atoms with van der Waals surface area (Å²) >= 11 is 0. The lowest BCUT2D eigenvalue weighted by atomic mass is 9.78. The van der Waals surface area contributed by atoms with Gasteiger partial charge in [-0.3, -0.25) is 0 Å². The smallest absolute Gasteiger partial charge is 0.137 e. The predicted molar refractivity (Wildman–Crippen MR) is 199 cm³/mol. The molecule has 0 fully saturated rings. The van der Waals surface area contributed by atoms with Crippen LogP contribution >= 0.6 is 0 Å². The lowest BCUT2D eigenvalue weighted by molar-refractivity contribution is 0.641. The maximum atomic E-state index is 6.35. The van der Waals surface area contributed by atoms with Gasteiger partial charge in [0.2, 0.25) is 0 Å². The molecule has 0 atom stereocenters. The third kappa shape index (κ3) is 4.48. The third-order valence-corrected chi connectivity index (χ3v) is 9.95. The standard InChI is InChI=1S/C45H33NO/c1-45(2,32-11-4-3-5-12-32)33-18-20-34(21-19-33)46(36-23-27-42-41-14-8-9-15-43(41)47-44(42)29-36)35-22-26-38-31(28-35)17-25-39-37-13-7-6-10-30(37)16-24-40(38)39/h3-29H,1-2H3. The van der Waals surface area contributed by atoms with E-state index >= 15 is 0 Å². The van der Waals surface area contributed by atoms with Gasteiger partial charge in [0.15, 0.2) is 0 Å². The summed E-state index contributed by atoms with van der Waals surface area (Å²) in [5.41, 5.74) is 7.50. The molecule has 0 bridgehead atoms. The Kier molecular flexibility index (Phi) is 6.20. The number of para-hydroxylation sites is 1. The van der Waals surface area contributed by atoms with Crippen molar-refractivity contribution in [2.24, 2.45) is 0 Å². The molecular formula is C45H33NO. The van der Waals surface area contributed by atoms with Crippen molar-refractivity contribution in [3.8, 4) is 0 Å². The fraction of sp³-hybridized carbons (Fsp3) is 0.0667. The van der Waals surface area contributed by atoms with Crippen LogP contribution in [0, 0.1) is 0 Å². The van der Waals surface area contributed by atoms with Gasteiger partial charge in [-0.25, -0.2) is 0 Å². The van der Waals surface area contributed by atoms with E-state index in [0.717, 1.165) is 39.0 Å². The summed E-state index contributed by atoms with van der Waals surface area (Å²) in [5.74, 6) is 0. The summed E-state index contributed by atoms with van der Waals surface area (Å²) < 4.78 is 6.35. The first-order valence-electron chi connectivity index (χ1n) is 16.3. The molecule has 0 unspecified atom stereocenters. The molecule has 0 aliphatic rings. The van der Waals surface area contributed by atoms with Gasteiger partial charge in [-0.2, -0.15) is 0 Å². The maximum absolute atomic E-state index is 6.35. The summed E-state index contributed by atoms with van der Waals surface area (Å²) in [5, 5.41) is 9.84. The number of hydrogen-bond acceptors (Lipinski definition) is 2. The van der Waals surface area contributed by atoms with E-state index in [1.54, 1.807) is 0 Å². The summed E-state index contributed by atoms with van der Waals surface area (Å²) in [7, 11) is 0. The van der Waals surface area contributed by atoms with Gasteiger partial charge in [-0.15, -0.1) is 0 Å². The Bertz CT molecular complexity index is 2590. The molecule has 0 saturated heterocycles. The van der Waals surface area contributed by atoms with Crippen molar-refractivity contribution in [2.75, 3.05) is 4.90 Å². The van der Waals surface area contributed by atoms with Crippen LogP contribution in [0.25, 0.3) is 54.3 Å². The second kappa shape index (κ2) is 10.6. The Balaban J connectivity index is 1.20. The Morgan fingerprint density at radius 2 is 0.915 bits per heavy atom. The van der Waals surface area contributed by atoms with Crippen LogP contribution in [-0.2, 0) is 5.41 Å². The van der Waals surface area contributed by atoms with Crippen LogP contribution in [0.15, 0.2) is 168 Å². The number of hydrogen-bond donors (Lipinski definition) is 0. The summed E-state index contributed by atoms with van der Waals surface area (Å²) in [4.78, 5) is 2.34. The van der Waals surface area contributed by atoms with Crippen molar-refractivity contribution in [1.82, 2.24) is 0 Å². The average molecular weight is 604 g/mol. The maximum Gasteiger partial charge on any atom is 0.137 e. The number of rotatable bonds is 5. The highest BCUT2D eigenvalue weighted by Crippen LogP contribution is 2.42. The molecule has 0 radical (unpaired) electrons. The van der Waals surface area contributed by atoms with Gasteiger partial charge in [0.1, 0.15) is 11.2 Å². The quantitative estimate of drug-likeness (QED) is 0.182. The van der Waals surface area contributed by atoms with E-state index in [-0.39, 0.29) is 5.41 Å². The minimum Gasteiger partial charge on any atom is -0.456 e. The van der Waals surface area contributed by atoms with E-state index in [0.29, 0.717) is 0 Å². The van der Waals surface area contributed by atoms with E-state index in [2.05, 4.69) is 170 Å². The topological polar surface area (TPSA) is 16.4 Å². The lowest BCUT2D eigenvalue weighted by Gasteiger charge is -2.29. The number of benzene rings is 8. The molecule has 0 saturated carbocycles. The minimum absolute atomic E-state index is 0.119. The average Bonchev–Trinajstić information content (AvgIpc) is 3.50. The number of furan rings is 1. The second-order valence-electron chi connectivity index (χ2n) is 13.0. The minimum atomic E-state index is -0.119. The van der Waals surface area contributed by atoms with Crippen molar-refractivity contribution in [3.05, 3.63) is 175 Å². The summed E-state index contributed by atoms with van der Waals surface area (Å²) in [6.07, 6.45) is 0. The van der Waals surface area contributed by atoms with Gasteiger partial charge in [-0.1, -0.05) is 129 Å². The molecule has 0 spiro atoms. The molecule has 0 N–H and O–H groups in total. The highest BCUT2D eigenvalue weighted by atomic mass is 16.3. The van der Waals surface area contributed by atoms with Gasteiger partial charge in [0.25, 0.3) is 0 Å². The molecule has 0 aliphatic carbocycles. The van der Waals surface area contributed by atoms with E-state index in [9.17, 15) is 0 Å². The van der Waals surface area contributed by atoms with Crippen LogP contribution in [0.5, 0.6) is 0 Å². The zero-order chi connectivity index (χ0) is 31.5. The number of anilines is 3. The number of fused-ring (bicyclic) bond motifs is 8. The fourth-order valence-electron chi connectivity index (χ4n) is 7.31. The van der Waals surface area contributed by atoms with E-state index in [1.807, 2.05) is 12.1 Å². The Labute approximate surface area is 274 Å². The van der Waals surface area contributed by atoms with E-state index < -0.39 is 0 Å². The second-order valence-corrected chi connectivity index (χ2v) is 13.0. The van der Waals surface area contributed by atoms with Crippen molar-refractivity contribution < 1.29 is 4.42 Å². The Hall–Kier alpha value is -5.86. The molecule has 1 heterocycles. The molecule has 2 nitrogen and oxygen atoms in total. The molecule has 9 rings (SSSR count). The monoisotopic (exact) mass is 603 g/mol. The van der Waals surface area contributed by atoms with E-state index in [4.69, 9.17) is 4.42 Å². The highest BCUT2D eigenvalue weighted by molar-refractivity contribution is 6.17. The molecule has 0 aliphatic heterocycles. The Morgan fingerprint density at radius 3 is 1.70 bits per heavy atom.